The molecule has 0 aliphatic carbocycles. The number of nitrogens with zero attached hydrogens (tertiary/aromatic N) is 1. The summed E-state index contributed by atoms with van der Waals surface area (Å²) in [5.41, 5.74) is 1.42. The Hall–Kier alpha value is -1.46. The highest BCUT2D eigenvalue weighted by atomic mass is 19.1. The molecule has 2 rings (SSSR count). The van der Waals surface area contributed by atoms with E-state index < -0.39 is 0 Å². The first kappa shape index (κ1) is 14.0. The van der Waals surface area contributed by atoms with E-state index in [-0.39, 0.29) is 11.7 Å². The van der Waals surface area contributed by atoms with Crippen LogP contribution in [0.15, 0.2) is 18.2 Å². The molecule has 0 unspecified atom stereocenters. The van der Waals surface area contributed by atoms with Gasteiger partial charge in [-0.05, 0) is 50.2 Å². The minimum absolute atomic E-state index is 0.0448. The first-order valence-electron chi connectivity index (χ1n) is 6.64. The zero-order valence-corrected chi connectivity index (χ0v) is 11.2. The monoisotopic (exact) mass is 265 g/mol. The van der Waals surface area contributed by atoms with Crippen LogP contribution in [0, 0.1) is 12.7 Å². The van der Waals surface area contributed by atoms with E-state index in [9.17, 15) is 9.18 Å². The molecule has 0 bridgehead atoms. The highest BCUT2D eigenvalue weighted by Crippen LogP contribution is 2.15. The molecule has 0 aromatic heterocycles. The summed E-state index contributed by atoms with van der Waals surface area (Å²) >= 11 is 0. The van der Waals surface area contributed by atoms with E-state index in [0.717, 1.165) is 38.2 Å². The molecule has 1 amide bonds. The van der Waals surface area contributed by atoms with Crippen LogP contribution in [-0.2, 0) is 4.79 Å². The molecule has 2 N–H and O–H groups in total. The molecule has 0 atom stereocenters. The second kappa shape index (κ2) is 6.63. The third-order valence-corrected chi connectivity index (χ3v) is 3.26. The fraction of sp³-hybridized carbons (Fsp3) is 0.500. The van der Waals surface area contributed by atoms with E-state index in [1.54, 1.807) is 13.0 Å². The number of rotatable bonds is 3. The SMILES string of the molecule is Cc1cc(F)ccc1NC(=O)CN1CCCNCC1. The summed E-state index contributed by atoms with van der Waals surface area (Å²) < 4.78 is 13.0. The second-order valence-electron chi connectivity index (χ2n) is 4.89. The summed E-state index contributed by atoms with van der Waals surface area (Å²) in [6, 6.07) is 4.39. The molecule has 104 valence electrons. The zero-order valence-electron chi connectivity index (χ0n) is 11.2. The van der Waals surface area contributed by atoms with E-state index in [1.165, 1.54) is 12.1 Å². The Kier molecular flexibility index (Phi) is 4.87. The lowest BCUT2D eigenvalue weighted by molar-refractivity contribution is -0.117. The highest BCUT2D eigenvalue weighted by Gasteiger charge is 2.13. The van der Waals surface area contributed by atoms with Gasteiger partial charge in [-0.3, -0.25) is 9.69 Å². The number of carbonyl (C=O) groups excluding carboxylic acids is 1. The molecule has 1 aliphatic heterocycles. The molecular weight excluding hydrogens is 245 g/mol. The predicted octanol–water partition coefficient (Wildman–Crippen LogP) is 1.37. The molecule has 1 aromatic carbocycles. The lowest BCUT2D eigenvalue weighted by Gasteiger charge is -2.19. The van der Waals surface area contributed by atoms with Crippen molar-refractivity contribution in [1.29, 1.82) is 0 Å². The molecule has 1 aromatic rings. The Morgan fingerprint density at radius 1 is 1.42 bits per heavy atom. The van der Waals surface area contributed by atoms with Gasteiger partial charge in [-0.1, -0.05) is 0 Å². The molecular formula is C14H20FN3O. The molecule has 0 spiro atoms. The van der Waals surface area contributed by atoms with E-state index in [2.05, 4.69) is 15.5 Å². The van der Waals surface area contributed by atoms with Gasteiger partial charge in [0, 0.05) is 18.8 Å². The quantitative estimate of drug-likeness (QED) is 0.867. The van der Waals surface area contributed by atoms with Crippen molar-refractivity contribution in [3.8, 4) is 0 Å². The Bertz CT molecular complexity index is 442. The lowest BCUT2D eigenvalue weighted by atomic mass is 10.2. The second-order valence-corrected chi connectivity index (χ2v) is 4.89. The van der Waals surface area contributed by atoms with E-state index in [4.69, 9.17) is 0 Å². The summed E-state index contributed by atoms with van der Waals surface area (Å²) in [5, 5.41) is 6.14. The number of carbonyl (C=O) groups is 1. The van der Waals surface area contributed by atoms with Crippen molar-refractivity contribution < 1.29 is 9.18 Å². The molecule has 1 heterocycles. The highest BCUT2D eigenvalue weighted by molar-refractivity contribution is 5.92. The van der Waals surface area contributed by atoms with Crippen LogP contribution in [0.1, 0.15) is 12.0 Å². The van der Waals surface area contributed by atoms with Gasteiger partial charge in [0.15, 0.2) is 0 Å². The average Bonchev–Trinajstić information content (AvgIpc) is 2.61. The van der Waals surface area contributed by atoms with Crippen LogP contribution < -0.4 is 10.6 Å². The van der Waals surface area contributed by atoms with Gasteiger partial charge in [0.1, 0.15) is 5.82 Å². The number of hydrogen-bond donors (Lipinski definition) is 2. The van der Waals surface area contributed by atoms with Crippen LogP contribution in [0.5, 0.6) is 0 Å². The summed E-state index contributed by atoms with van der Waals surface area (Å²) in [6.45, 7) is 5.92. The van der Waals surface area contributed by atoms with Gasteiger partial charge in [-0.25, -0.2) is 4.39 Å². The van der Waals surface area contributed by atoms with Gasteiger partial charge in [0.2, 0.25) is 5.91 Å². The van der Waals surface area contributed by atoms with Crippen LogP contribution >= 0.6 is 0 Å². The lowest BCUT2D eigenvalue weighted by Crippen LogP contribution is -2.35. The van der Waals surface area contributed by atoms with Crippen LogP contribution in [0.4, 0.5) is 10.1 Å². The molecule has 5 heteroatoms. The predicted molar refractivity (Wildman–Crippen MR) is 73.7 cm³/mol. The maximum absolute atomic E-state index is 13.0. The molecule has 0 radical (unpaired) electrons. The van der Waals surface area contributed by atoms with Crippen LogP contribution in [0.25, 0.3) is 0 Å². The number of nitrogens with one attached hydrogen (secondary N) is 2. The topological polar surface area (TPSA) is 44.4 Å². The molecule has 4 nitrogen and oxygen atoms in total. The fourth-order valence-electron chi connectivity index (χ4n) is 2.22. The third-order valence-electron chi connectivity index (χ3n) is 3.26. The van der Waals surface area contributed by atoms with Crippen molar-refractivity contribution in [2.24, 2.45) is 0 Å². The first-order chi connectivity index (χ1) is 9.15. The number of anilines is 1. The number of aryl methyl sites for hydroxylation is 1. The first-order valence-corrected chi connectivity index (χ1v) is 6.64. The number of amides is 1. The van der Waals surface area contributed by atoms with Crippen molar-refractivity contribution in [3.63, 3.8) is 0 Å². The number of hydrogen-bond acceptors (Lipinski definition) is 3. The summed E-state index contributed by atoms with van der Waals surface area (Å²) in [5.74, 6) is -0.328. The summed E-state index contributed by atoms with van der Waals surface area (Å²) in [4.78, 5) is 14.1. The Morgan fingerprint density at radius 2 is 2.26 bits per heavy atom. The molecule has 0 saturated carbocycles. The normalized spacial score (nSPS) is 16.9. The van der Waals surface area contributed by atoms with Crippen molar-refractivity contribution in [1.82, 2.24) is 10.2 Å². The Morgan fingerprint density at radius 3 is 3.05 bits per heavy atom. The van der Waals surface area contributed by atoms with Gasteiger partial charge in [-0.15, -0.1) is 0 Å². The molecule has 19 heavy (non-hydrogen) atoms. The maximum Gasteiger partial charge on any atom is 0.238 e. The molecule has 1 fully saturated rings. The van der Waals surface area contributed by atoms with Crippen molar-refractivity contribution in [2.45, 2.75) is 13.3 Å². The third kappa shape index (κ3) is 4.29. The Balaban J connectivity index is 1.89. The van der Waals surface area contributed by atoms with Crippen molar-refractivity contribution in [2.75, 3.05) is 38.0 Å². The van der Waals surface area contributed by atoms with Crippen LogP contribution in [0.2, 0.25) is 0 Å². The van der Waals surface area contributed by atoms with Gasteiger partial charge >= 0.3 is 0 Å². The van der Waals surface area contributed by atoms with Gasteiger partial charge < -0.3 is 10.6 Å². The standard InChI is InChI=1S/C14H20FN3O/c1-11-9-12(15)3-4-13(11)17-14(19)10-18-7-2-5-16-6-8-18/h3-4,9,16H,2,5-8,10H2,1H3,(H,17,19). The van der Waals surface area contributed by atoms with Crippen molar-refractivity contribution in [3.05, 3.63) is 29.6 Å². The van der Waals surface area contributed by atoms with E-state index in [0.29, 0.717) is 12.2 Å². The fourth-order valence-corrected chi connectivity index (χ4v) is 2.22. The van der Waals surface area contributed by atoms with Crippen molar-refractivity contribution >= 4 is 11.6 Å². The number of halogens is 1. The average molecular weight is 265 g/mol. The van der Waals surface area contributed by atoms with Gasteiger partial charge in [-0.2, -0.15) is 0 Å². The summed E-state index contributed by atoms with van der Waals surface area (Å²) in [6.07, 6.45) is 1.06. The van der Waals surface area contributed by atoms with E-state index >= 15 is 0 Å². The van der Waals surface area contributed by atoms with Gasteiger partial charge in [0.05, 0.1) is 6.54 Å². The smallest absolute Gasteiger partial charge is 0.238 e. The van der Waals surface area contributed by atoms with E-state index in [1.807, 2.05) is 0 Å². The summed E-state index contributed by atoms with van der Waals surface area (Å²) in [7, 11) is 0. The molecule has 1 aliphatic rings. The largest absolute Gasteiger partial charge is 0.325 e. The van der Waals surface area contributed by atoms with Gasteiger partial charge in [0.25, 0.3) is 0 Å². The minimum Gasteiger partial charge on any atom is -0.325 e. The minimum atomic E-state index is -0.283. The van der Waals surface area contributed by atoms with Crippen LogP contribution in [-0.4, -0.2) is 43.5 Å². The van der Waals surface area contributed by atoms with Crippen LogP contribution in [0.3, 0.4) is 0 Å². The molecule has 1 saturated heterocycles. The number of benzene rings is 1. The maximum atomic E-state index is 13.0. The zero-order chi connectivity index (χ0) is 13.7. The Labute approximate surface area is 113 Å².